The van der Waals surface area contributed by atoms with Crippen molar-refractivity contribution in [2.75, 3.05) is 6.54 Å². The topological polar surface area (TPSA) is 253 Å². The summed E-state index contributed by atoms with van der Waals surface area (Å²) in [5.41, 5.74) is 4.44. The fraction of sp³-hybridized carbons (Fsp3) is 0.633. The van der Waals surface area contributed by atoms with E-state index in [1.807, 2.05) is 45.9 Å². The maximum atomic E-state index is 14.5. The Hall–Kier alpha value is -5.46. The van der Waals surface area contributed by atoms with E-state index >= 15 is 0 Å². The fourth-order valence-electron chi connectivity index (χ4n) is 10.9. The molecule has 4 aliphatic heterocycles. The van der Waals surface area contributed by atoms with Gasteiger partial charge in [-0.1, -0.05) is 109 Å². The molecule has 17 heteroatoms. The van der Waals surface area contributed by atoms with E-state index < -0.39 is 89.7 Å². The number of esters is 1. The lowest BCUT2D eigenvalue weighted by Crippen LogP contribution is -2.64. The Kier molecular flexibility index (Phi) is 23.5. The molecule has 2 fully saturated rings. The number of allylic oxidation sites excluding steroid dienone is 5. The second-order valence-corrected chi connectivity index (χ2v) is 22.7. The number of phenolic OH excluding ortho intramolecular Hbond substituents is 1. The Morgan fingerprint density at radius 3 is 2.43 bits per heavy atom. The first-order chi connectivity index (χ1) is 36.5. The smallest absolute Gasteiger partial charge is 0.325 e. The van der Waals surface area contributed by atoms with Gasteiger partial charge in [0.05, 0.1) is 30.3 Å². The molecule has 0 radical (unpaired) electrons. The molecule has 8 N–H and O–H groups in total. The molecule has 426 valence electrons. The minimum atomic E-state index is -1.43. The van der Waals surface area contributed by atoms with Crippen LogP contribution in [-0.4, -0.2) is 122 Å². The number of nitrogens with zero attached hydrogens (tertiary/aromatic N) is 1. The molecular formula is C60H89N5O12. The summed E-state index contributed by atoms with van der Waals surface area (Å²) in [6.07, 6.45) is 14.4. The molecule has 17 nitrogen and oxygen atoms in total. The number of hydrazine groups is 1. The SMILES string of the molecule is CC[C@H]1C[C@H](C)[C@@]2(NC1=O)O[C@@H](C[C@H](O)[C@@H](C)CC/C=C/C=C(\C)[C@@H]1C/C=C/C=C/[C@H](O)[C@H](C)[C@@H](O)[C@@H](CCC(C)=O)C(=O)N[C@@H](C(C)C)C(=O)N[C@@H](Cc3cccc(O)c3)C(=O)N3CCCC(N3)C(=O)O1)[C@H](C)C=C2C. The van der Waals surface area contributed by atoms with Gasteiger partial charge in [-0.15, -0.1) is 0 Å². The van der Waals surface area contributed by atoms with Gasteiger partial charge in [0, 0.05) is 55.9 Å². The zero-order chi connectivity index (χ0) is 56.7. The van der Waals surface area contributed by atoms with Gasteiger partial charge < -0.3 is 50.6 Å². The van der Waals surface area contributed by atoms with Gasteiger partial charge in [0.25, 0.3) is 5.91 Å². The molecular weight excluding hydrogens is 983 g/mol. The normalized spacial score (nSPS) is 33.2. The van der Waals surface area contributed by atoms with Crippen molar-refractivity contribution < 1.29 is 58.7 Å². The summed E-state index contributed by atoms with van der Waals surface area (Å²) in [6.45, 7) is 18.7. The van der Waals surface area contributed by atoms with Crippen molar-refractivity contribution >= 4 is 35.4 Å². The number of aromatic hydroxyl groups is 1. The number of Topliss-reactive ketones (excluding diaryl/α,β-unsaturated/α-hetero) is 1. The monoisotopic (exact) mass is 1070 g/mol. The molecule has 1 unspecified atom stereocenters. The van der Waals surface area contributed by atoms with E-state index in [2.05, 4.69) is 41.3 Å². The quantitative estimate of drug-likeness (QED) is 0.0542. The Labute approximate surface area is 456 Å². The number of benzene rings is 1. The van der Waals surface area contributed by atoms with E-state index in [1.54, 1.807) is 51.1 Å². The van der Waals surface area contributed by atoms with E-state index in [0.717, 1.165) is 24.0 Å². The second kappa shape index (κ2) is 29.0. The summed E-state index contributed by atoms with van der Waals surface area (Å²) in [7, 11) is 0. The van der Waals surface area contributed by atoms with Crippen molar-refractivity contribution in [3.63, 3.8) is 0 Å². The van der Waals surface area contributed by atoms with Gasteiger partial charge in [-0.25, -0.2) is 5.43 Å². The minimum Gasteiger partial charge on any atom is -0.508 e. The Bertz CT molecular complexity index is 2360. The highest BCUT2D eigenvalue weighted by Crippen LogP contribution is 2.43. The number of phenols is 1. The van der Waals surface area contributed by atoms with Crippen LogP contribution in [-0.2, 0) is 44.7 Å². The Balaban J connectivity index is 1.35. The van der Waals surface area contributed by atoms with Crippen molar-refractivity contribution in [3.8, 4) is 5.75 Å². The molecule has 15 atom stereocenters. The number of piperidine rings is 1. The number of nitrogens with one attached hydrogen (secondary N) is 4. The zero-order valence-electron chi connectivity index (χ0n) is 47.1. The summed E-state index contributed by atoms with van der Waals surface area (Å²) < 4.78 is 13.0. The van der Waals surface area contributed by atoms with Gasteiger partial charge in [-0.2, -0.15) is 0 Å². The molecule has 2 bridgehead atoms. The molecule has 4 aliphatic rings. The number of hydrogen-bond acceptors (Lipinski definition) is 13. The molecule has 0 aliphatic carbocycles. The molecule has 0 aromatic heterocycles. The summed E-state index contributed by atoms with van der Waals surface area (Å²) in [4.78, 5) is 82.1. The van der Waals surface area contributed by atoms with E-state index in [9.17, 15) is 49.2 Å². The molecule has 5 rings (SSSR count). The van der Waals surface area contributed by atoms with Crippen molar-refractivity contribution in [1.82, 2.24) is 26.4 Å². The summed E-state index contributed by atoms with van der Waals surface area (Å²) >= 11 is 0. The number of carbonyl (C=O) groups is 6. The number of amides is 4. The molecule has 0 saturated carbocycles. The van der Waals surface area contributed by atoms with Gasteiger partial charge in [-0.05, 0) is 106 Å². The van der Waals surface area contributed by atoms with Crippen LogP contribution in [0.5, 0.6) is 5.75 Å². The average Bonchev–Trinajstić information content (AvgIpc) is 3.38. The number of fused-ring (bicyclic) bond motifs is 2. The predicted molar refractivity (Wildman–Crippen MR) is 294 cm³/mol. The van der Waals surface area contributed by atoms with Crippen LogP contribution >= 0.6 is 0 Å². The summed E-state index contributed by atoms with van der Waals surface area (Å²) in [5.74, 6) is -5.31. The summed E-state index contributed by atoms with van der Waals surface area (Å²) in [5, 5.41) is 54.7. The second-order valence-electron chi connectivity index (χ2n) is 22.7. The molecule has 2 saturated heterocycles. The Morgan fingerprint density at radius 1 is 1.00 bits per heavy atom. The van der Waals surface area contributed by atoms with Crippen LogP contribution in [0.3, 0.4) is 0 Å². The fourth-order valence-corrected chi connectivity index (χ4v) is 10.9. The molecule has 4 heterocycles. The van der Waals surface area contributed by atoms with E-state index in [1.165, 1.54) is 30.1 Å². The van der Waals surface area contributed by atoms with E-state index in [4.69, 9.17) is 9.47 Å². The van der Waals surface area contributed by atoms with Crippen molar-refractivity contribution in [2.24, 2.45) is 41.4 Å². The van der Waals surface area contributed by atoms with Crippen LogP contribution in [0.4, 0.5) is 0 Å². The third-order valence-electron chi connectivity index (χ3n) is 16.2. The lowest BCUT2D eigenvalue weighted by atomic mass is 9.75. The summed E-state index contributed by atoms with van der Waals surface area (Å²) in [6, 6.07) is 2.95. The lowest BCUT2D eigenvalue weighted by molar-refractivity contribution is -0.179. The van der Waals surface area contributed by atoms with Gasteiger partial charge in [0.2, 0.25) is 17.7 Å². The van der Waals surface area contributed by atoms with E-state index in [0.29, 0.717) is 37.7 Å². The molecule has 1 aromatic carbocycles. The first kappa shape index (κ1) is 62.4. The highest BCUT2D eigenvalue weighted by molar-refractivity contribution is 5.93. The number of rotatable bonds is 15. The van der Waals surface area contributed by atoms with Gasteiger partial charge in [-0.3, -0.25) is 29.0 Å². The van der Waals surface area contributed by atoms with Crippen LogP contribution in [0, 0.1) is 41.4 Å². The van der Waals surface area contributed by atoms with Gasteiger partial charge >= 0.3 is 5.97 Å². The van der Waals surface area contributed by atoms with Crippen molar-refractivity contribution in [3.05, 3.63) is 89.6 Å². The Morgan fingerprint density at radius 2 is 1.74 bits per heavy atom. The third kappa shape index (κ3) is 17.0. The van der Waals surface area contributed by atoms with Gasteiger partial charge in [0.1, 0.15) is 35.8 Å². The standard InChI is InChI=1S/C60H89N5O12/c1-11-44-31-40(8)60(63-55(44)71)39(7)30-38(6)52(77-60)34-50(69)36(4)20-14-12-15-21-37(5)51-26-17-13-16-25-49(68)42(10)54(70)46(28-27-41(9)66)56(72)62-53(35(2)3)57(73)61-48(33-43-22-18-23-45(67)32-43)58(74)65-29-19-24-47(64-65)59(75)76-51/h12-13,15-18,21-23,25,30,32,35-36,38,40,42,44,46-54,64,67-70H,11,14,19-20,24,26-29,31,33-34H2,1-10H3,(H,61,73)(H,62,72)(H,63,71)/b15-12+,17-13+,25-16+,37-21+/t36-,38+,40-,42-,44-,46+,47?,48-,49-,50-,51-,52-,53-,54+,60-/m0/s1. The maximum absolute atomic E-state index is 14.5. The van der Waals surface area contributed by atoms with Crippen LogP contribution in [0.2, 0.25) is 0 Å². The van der Waals surface area contributed by atoms with Crippen LogP contribution < -0.4 is 21.4 Å². The van der Waals surface area contributed by atoms with Crippen molar-refractivity contribution in [2.45, 2.75) is 194 Å². The number of hydrogen-bond donors (Lipinski definition) is 8. The zero-order valence-corrected chi connectivity index (χ0v) is 47.1. The van der Waals surface area contributed by atoms with Gasteiger partial charge in [0.15, 0.2) is 5.72 Å². The number of aliphatic hydroxyl groups is 3. The first-order valence-corrected chi connectivity index (χ1v) is 28.0. The molecule has 1 spiro atoms. The highest BCUT2D eigenvalue weighted by Gasteiger charge is 2.51. The lowest BCUT2D eigenvalue weighted by Gasteiger charge is -2.51. The van der Waals surface area contributed by atoms with Crippen molar-refractivity contribution in [1.29, 1.82) is 0 Å². The molecule has 77 heavy (non-hydrogen) atoms. The highest BCUT2D eigenvalue weighted by atomic mass is 16.5. The minimum absolute atomic E-state index is 0.00834. The van der Waals surface area contributed by atoms with Crippen LogP contribution in [0.1, 0.15) is 139 Å². The first-order valence-electron chi connectivity index (χ1n) is 28.0. The average molecular weight is 1070 g/mol. The number of ether oxygens (including phenoxy) is 2. The van der Waals surface area contributed by atoms with E-state index in [-0.39, 0.29) is 79.4 Å². The number of ketones is 1. The third-order valence-corrected chi connectivity index (χ3v) is 16.2. The number of aliphatic hydroxyl groups excluding tert-OH is 3. The predicted octanol–water partition coefficient (Wildman–Crippen LogP) is 6.36. The number of cyclic esters (lactones) is 1. The molecule has 4 amide bonds. The van der Waals surface area contributed by atoms with Crippen LogP contribution in [0.25, 0.3) is 0 Å². The maximum Gasteiger partial charge on any atom is 0.325 e. The number of carbonyl (C=O) groups excluding carboxylic acids is 6. The molecule has 1 aromatic rings. The van der Waals surface area contributed by atoms with Crippen LogP contribution in [0.15, 0.2) is 84.0 Å². The largest absolute Gasteiger partial charge is 0.508 e.